The fourth-order valence-corrected chi connectivity index (χ4v) is 2.83. The highest BCUT2D eigenvalue weighted by molar-refractivity contribution is 6.31. The monoisotopic (exact) mass is 313 g/mol. The number of halogens is 2. The van der Waals surface area contributed by atoms with Crippen molar-refractivity contribution >= 4 is 23.2 Å². The Hall–Kier alpha value is -1.17. The number of nitrogens with two attached hydrogens (primary N) is 1. The summed E-state index contributed by atoms with van der Waals surface area (Å²) in [5, 5.41) is 2.75. The molecule has 0 aliphatic carbocycles. The van der Waals surface area contributed by atoms with Crippen molar-refractivity contribution in [3.63, 3.8) is 0 Å². The molecule has 1 aromatic carbocycles. The first-order chi connectivity index (χ1) is 10.1. The van der Waals surface area contributed by atoms with Gasteiger partial charge in [0.2, 0.25) is 5.91 Å². The van der Waals surface area contributed by atoms with Gasteiger partial charge in [0, 0.05) is 5.69 Å². The van der Waals surface area contributed by atoms with Crippen molar-refractivity contribution < 1.29 is 9.18 Å². The lowest BCUT2D eigenvalue weighted by molar-refractivity contribution is -0.117. The van der Waals surface area contributed by atoms with Crippen LogP contribution in [0.5, 0.6) is 0 Å². The van der Waals surface area contributed by atoms with E-state index in [2.05, 4.69) is 10.2 Å². The van der Waals surface area contributed by atoms with Crippen LogP contribution in [0.25, 0.3) is 0 Å². The third-order valence-electron chi connectivity index (χ3n) is 3.85. The molecule has 1 fully saturated rings. The molecule has 1 aromatic rings. The molecule has 1 aliphatic heterocycles. The van der Waals surface area contributed by atoms with Crippen molar-refractivity contribution in [1.82, 2.24) is 4.90 Å². The largest absolute Gasteiger partial charge is 0.330 e. The fraction of sp³-hybridized carbons (Fsp3) is 0.533. The number of carbonyl (C=O) groups excluding carboxylic acids is 1. The van der Waals surface area contributed by atoms with E-state index in [-0.39, 0.29) is 10.9 Å². The van der Waals surface area contributed by atoms with Crippen LogP contribution >= 0.6 is 11.6 Å². The van der Waals surface area contributed by atoms with Crippen molar-refractivity contribution in [3.8, 4) is 0 Å². The van der Waals surface area contributed by atoms with Crippen LogP contribution in [0.1, 0.15) is 19.3 Å². The summed E-state index contributed by atoms with van der Waals surface area (Å²) in [6.07, 6.45) is 3.24. The molecule has 3 N–H and O–H groups in total. The van der Waals surface area contributed by atoms with E-state index < -0.39 is 5.82 Å². The van der Waals surface area contributed by atoms with Gasteiger partial charge >= 0.3 is 0 Å². The summed E-state index contributed by atoms with van der Waals surface area (Å²) in [6, 6.07) is 4.17. The van der Waals surface area contributed by atoms with E-state index in [1.165, 1.54) is 18.2 Å². The lowest BCUT2D eigenvalue weighted by Gasteiger charge is -2.31. The number of hydrogen-bond acceptors (Lipinski definition) is 3. The van der Waals surface area contributed by atoms with Gasteiger partial charge < -0.3 is 11.1 Å². The van der Waals surface area contributed by atoms with Crippen molar-refractivity contribution in [1.29, 1.82) is 0 Å². The predicted octanol–water partition coefficient (Wildman–Crippen LogP) is 2.48. The van der Waals surface area contributed by atoms with Gasteiger partial charge in [-0.05, 0) is 63.0 Å². The van der Waals surface area contributed by atoms with Gasteiger partial charge in [-0.25, -0.2) is 4.39 Å². The molecule has 21 heavy (non-hydrogen) atoms. The molecule has 4 nitrogen and oxygen atoms in total. The molecular formula is C15H21ClFN3O. The van der Waals surface area contributed by atoms with Gasteiger partial charge in [-0.2, -0.15) is 0 Å². The molecule has 1 aliphatic rings. The maximum absolute atomic E-state index is 13.0. The van der Waals surface area contributed by atoms with Gasteiger partial charge in [0.15, 0.2) is 0 Å². The van der Waals surface area contributed by atoms with Crippen LogP contribution < -0.4 is 11.1 Å². The number of rotatable bonds is 5. The Balaban J connectivity index is 1.78. The molecule has 0 spiro atoms. The molecule has 2 rings (SSSR count). The number of likely N-dealkylation sites (tertiary alicyclic amines) is 1. The van der Waals surface area contributed by atoms with Gasteiger partial charge in [-0.15, -0.1) is 0 Å². The second kappa shape index (κ2) is 7.73. The maximum atomic E-state index is 13.0. The first kappa shape index (κ1) is 16.2. The quantitative estimate of drug-likeness (QED) is 0.878. The Morgan fingerprint density at radius 1 is 1.43 bits per heavy atom. The van der Waals surface area contributed by atoms with Gasteiger partial charge in [0.05, 0.1) is 11.6 Å². The van der Waals surface area contributed by atoms with Crippen molar-refractivity contribution in [2.75, 3.05) is 31.5 Å². The smallest absolute Gasteiger partial charge is 0.238 e. The molecule has 1 saturated heterocycles. The zero-order valence-corrected chi connectivity index (χ0v) is 12.7. The highest BCUT2D eigenvalue weighted by Crippen LogP contribution is 2.21. The predicted molar refractivity (Wildman–Crippen MR) is 82.9 cm³/mol. The molecule has 1 amide bonds. The summed E-state index contributed by atoms with van der Waals surface area (Å²) < 4.78 is 13.0. The highest BCUT2D eigenvalue weighted by atomic mass is 35.5. The minimum atomic E-state index is -0.489. The van der Waals surface area contributed by atoms with Gasteiger partial charge in [0.25, 0.3) is 0 Å². The first-order valence-corrected chi connectivity index (χ1v) is 7.63. The second-order valence-corrected chi connectivity index (χ2v) is 5.88. The molecule has 0 bridgehead atoms. The molecule has 0 radical (unpaired) electrons. The number of anilines is 1. The van der Waals surface area contributed by atoms with Gasteiger partial charge in [-0.1, -0.05) is 11.6 Å². The number of piperidine rings is 1. The van der Waals surface area contributed by atoms with Crippen LogP contribution in [-0.4, -0.2) is 37.0 Å². The van der Waals surface area contributed by atoms with Crippen LogP contribution in [0.15, 0.2) is 18.2 Å². The average molecular weight is 314 g/mol. The summed E-state index contributed by atoms with van der Waals surface area (Å²) in [4.78, 5) is 14.1. The summed E-state index contributed by atoms with van der Waals surface area (Å²) in [5.41, 5.74) is 6.09. The van der Waals surface area contributed by atoms with Crippen molar-refractivity contribution in [3.05, 3.63) is 29.0 Å². The van der Waals surface area contributed by atoms with E-state index in [4.69, 9.17) is 17.3 Å². The molecular weight excluding hydrogens is 293 g/mol. The number of hydrogen-bond donors (Lipinski definition) is 2. The lowest BCUT2D eigenvalue weighted by Crippen LogP contribution is -2.39. The average Bonchev–Trinajstić information content (AvgIpc) is 2.45. The maximum Gasteiger partial charge on any atom is 0.238 e. The normalized spacial score (nSPS) is 16.9. The first-order valence-electron chi connectivity index (χ1n) is 7.26. The Kier molecular flexibility index (Phi) is 5.96. The number of nitrogens with one attached hydrogen (secondary N) is 1. The third kappa shape index (κ3) is 4.95. The van der Waals surface area contributed by atoms with E-state index in [0.717, 1.165) is 38.9 Å². The molecule has 0 saturated carbocycles. The van der Waals surface area contributed by atoms with Crippen molar-refractivity contribution in [2.45, 2.75) is 19.3 Å². The summed E-state index contributed by atoms with van der Waals surface area (Å²) >= 11 is 5.69. The molecule has 0 unspecified atom stereocenters. The molecule has 1 heterocycles. The molecule has 116 valence electrons. The minimum Gasteiger partial charge on any atom is -0.330 e. The SMILES string of the molecule is NCCC1CCN(CC(=O)Nc2ccc(F)c(Cl)c2)CC1. The third-order valence-corrected chi connectivity index (χ3v) is 4.14. The lowest BCUT2D eigenvalue weighted by atomic mass is 9.94. The van der Waals surface area contributed by atoms with E-state index in [1.54, 1.807) is 0 Å². The standard InChI is InChI=1S/C15H21ClFN3O/c16-13-9-12(1-2-14(13)17)19-15(21)10-20-7-4-11(3-6-18)5-8-20/h1-2,9,11H,3-8,10,18H2,(H,19,21). The zero-order valence-electron chi connectivity index (χ0n) is 11.9. The van der Waals surface area contributed by atoms with Crippen LogP contribution in [-0.2, 0) is 4.79 Å². The van der Waals surface area contributed by atoms with E-state index in [0.29, 0.717) is 18.2 Å². The fourth-order valence-electron chi connectivity index (χ4n) is 2.65. The number of benzene rings is 1. The Morgan fingerprint density at radius 3 is 2.76 bits per heavy atom. The van der Waals surface area contributed by atoms with Crippen LogP contribution in [0.3, 0.4) is 0 Å². The highest BCUT2D eigenvalue weighted by Gasteiger charge is 2.20. The van der Waals surface area contributed by atoms with Gasteiger partial charge in [-0.3, -0.25) is 9.69 Å². The minimum absolute atomic E-state index is 0.00963. The van der Waals surface area contributed by atoms with Crippen molar-refractivity contribution in [2.24, 2.45) is 11.7 Å². The number of carbonyl (C=O) groups is 1. The van der Waals surface area contributed by atoms with Gasteiger partial charge in [0.1, 0.15) is 5.82 Å². The summed E-state index contributed by atoms with van der Waals surface area (Å²) in [7, 11) is 0. The number of amides is 1. The Morgan fingerprint density at radius 2 is 2.14 bits per heavy atom. The van der Waals surface area contributed by atoms with E-state index in [9.17, 15) is 9.18 Å². The van der Waals surface area contributed by atoms with E-state index >= 15 is 0 Å². The number of nitrogens with zero attached hydrogens (tertiary/aromatic N) is 1. The zero-order chi connectivity index (χ0) is 15.2. The molecule has 0 atom stereocenters. The summed E-state index contributed by atoms with van der Waals surface area (Å²) in [6.45, 7) is 2.92. The summed E-state index contributed by atoms with van der Waals surface area (Å²) in [5.74, 6) is 0.0943. The molecule has 0 aromatic heterocycles. The second-order valence-electron chi connectivity index (χ2n) is 5.47. The Bertz CT molecular complexity index is 490. The van der Waals surface area contributed by atoms with Crippen LogP contribution in [0, 0.1) is 11.7 Å². The van der Waals surface area contributed by atoms with E-state index in [1.807, 2.05) is 0 Å². The Labute approximate surface area is 129 Å². The van der Waals surface area contributed by atoms with Crippen LogP contribution in [0.4, 0.5) is 10.1 Å². The van der Waals surface area contributed by atoms with Crippen LogP contribution in [0.2, 0.25) is 5.02 Å². The topological polar surface area (TPSA) is 58.4 Å². The molecule has 6 heteroatoms.